The molecule has 2 amide bonds. The number of hydrogen-bond acceptors (Lipinski definition) is 3. The lowest BCUT2D eigenvalue weighted by molar-refractivity contribution is -0.114. The molecule has 0 radical (unpaired) electrons. The molecule has 21 heavy (non-hydrogen) atoms. The van der Waals surface area contributed by atoms with E-state index in [0.29, 0.717) is 11.3 Å². The van der Waals surface area contributed by atoms with Crippen molar-refractivity contribution in [3.8, 4) is 0 Å². The summed E-state index contributed by atoms with van der Waals surface area (Å²) in [7, 11) is 0. The van der Waals surface area contributed by atoms with Crippen molar-refractivity contribution in [3.63, 3.8) is 0 Å². The summed E-state index contributed by atoms with van der Waals surface area (Å²) in [6.07, 6.45) is 1.41. The van der Waals surface area contributed by atoms with Crippen molar-refractivity contribution in [1.82, 2.24) is 4.98 Å². The molecule has 108 valence electrons. The lowest BCUT2D eigenvalue weighted by atomic mass is 10.2. The number of hydrogen-bond donors (Lipinski definition) is 2. The molecule has 0 aliphatic carbocycles. The van der Waals surface area contributed by atoms with E-state index in [0.717, 1.165) is 6.07 Å². The number of anilines is 2. The Kier molecular flexibility index (Phi) is 4.49. The SMILES string of the molecule is CC(=O)Nc1cc(NC(=O)c2ccnc(Cl)c2)ccc1F. The van der Waals surface area contributed by atoms with E-state index in [1.54, 1.807) is 0 Å². The van der Waals surface area contributed by atoms with E-state index in [-0.39, 0.29) is 10.8 Å². The number of aromatic nitrogens is 1. The third kappa shape index (κ3) is 4.00. The summed E-state index contributed by atoms with van der Waals surface area (Å²) in [5, 5.41) is 5.12. The molecule has 2 rings (SSSR count). The van der Waals surface area contributed by atoms with E-state index in [1.807, 2.05) is 0 Å². The zero-order valence-electron chi connectivity index (χ0n) is 11.0. The predicted octanol–water partition coefficient (Wildman–Crippen LogP) is 3.08. The molecule has 0 spiro atoms. The zero-order valence-corrected chi connectivity index (χ0v) is 11.7. The van der Waals surface area contributed by atoms with Crippen LogP contribution in [0.25, 0.3) is 0 Å². The van der Waals surface area contributed by atoms with Gasteiger partial charge in [-0.1, -0.05) is 11.6 Å². The summed E-state index contributed by atoms with van der Waals surface area (Å²) in [5.74, 6) is -1.41. The first kappa shape index (κ1) is 14.9. The Balaban J connectivity index is 2.19. The fraction of sp³-hybridized carbons (Fsp3) is 0.0714. The van der Waals surface area contributed by atoms with Crippen molar-refractivity contribution in [1.29, 1.82) is 0 Å². The highest BCUT2D eigenvalue weighted by Gasteiger charge is 2.10. The number of nitrogens with zero attached hydrogens (tertiary/aromatic N) is 1. The van der Waals surface area contributed by atoms with Crippen LogP contribution in [0.2, 0.25) is 5.15 Å². The maximum absolute atomic E-state index is 13.5. The maximum Gasteiger partial charge on any atom is 0.255 e. The van der Waals surface area contributed by atoms with Crippen LogP contribution in [0.1, 0.15) is 17.3 Å². The van der Waals surface area contributed by atoms with Gasteiger partial charge >= 0.3 is 0 Å². The second-order valence-corrected chi connectivity index (χ2v) is 4.58. The topological polar surface area (TPSA) is 71.1 Å². The Labute approximate surface area is 125 Å². The van der Waals surface area contributed by atoms with Crippen LogP contribution in [0.4, 0.5) is 15.8 Å². The third-order valence-corrected chi connectivity index (χ3v) is 2.73. The summed E-state index contributed by atoms with van der Waals surface area (Å²) in [6.45, 7) is 1.27. The standard InChI is InChI=1S/C14H11ClFN3O2/c1-8(20)18-12-7-10(2-3-11(12)16)19-14(21)9-4-5-17-13(15)6-9/h2-7H,1H3,(H,18,20)(H,19,21). The van der Waals surface area contributed by atoms with Gasteiger partial charge in [-0.3, -0.25) is 9.59 Å². The number of rotatable bonds is 3. The second-order valence-electron chi connectivity index (χ2n) is 4.20. The van der Waals surface area contributed by atoms with Crippen molar-refractivity contribution < 1.29 is 14.0 Å². The minimum absolute atomic E-state index is 0.00643. The molecular weight excluding hydrogens is 297 g/mol. The lowest BCUT2D eigenvalue weighted by Gasteiger charge is -2.09. The van der Waals surface area contributed by atoms with E-state index >= 15 is 0 Å². The first-order valence-corrected chi connectivity index (χ1v) is 6.33. The van der Waals surface area contributed by atoms with Gasteiger partial charge in [0.15, 0.2) is 0 Å². The molecule has 0 fully saturated rings. The molecule has 1 aromatic heterocycles. The number of benzene rings is 1. The monoisotopic (exact) mass is 307 g/mol. The second kappa shape index (κ2) is 6.32. The Bertz CT molecular complexity index is 706. The molecule has 2 aromatic rings. The quantitative estimate of drug-likeness (QED) is 0.856. The Hall–Kier alpha value is -2.47. The first-order valence-electron chi connectivity index (χ1n) is 5.96. The van der Waals surface area contributed by atoms with Crippen LogP contribution in [0.15, 0.2) is 36.5 Å². The van der Waals surface area contributed by atoms with Gasteiger partial charge in [0, 0.05) is 24.4 Å². The highest BCUT2D eigenvalue weighted by molar-refractivity contribution is 6.29. The summed E-state index contributed by atoms with van der Waals surface area (Å²) >= 11 is 5.71. The largest absolute Gasteiger partial charge is 0.324 e. The number of amides is 2. The van der Waals surface area contributed by atoms with Crippen LogP contribution in [0.3, 0.4) is 0 Å². The van der Waals surface area contributed by atoms with Gasteiger partial charge in [-0.05, 0) is 30.3 Å². The van der Waals surface area contributed by atoms with Gasteiger partial charge in [0.25, 0.3) is 5.91 Å². The van der Waals surface area contributed by atoms with Gasteiger partial charge in [0.2, 0.25) is 5.91 Å². The minimum atomic E-state index is -0.588. The molecule has 0 atom stereocenters. The van der Waals surface area contributed by atoms with Crippen LogP contribution < -0.4 is 10.6 Å². The highest BCUT2D eigenvalue weighted by Crippen LogP contribution is 2.20. The zero-order chi connectivity index (χ0) is 15.4. The van der Waals surface area contributed by atoms with E-state index in [2.05, 4.69) is 15.6 Å². The summed E-state index contributed by atoms with van der Waals surface area (Å²) < 4.78 is 13.5. The molecule has 5 nitrogen and oxygen atoms in total. The summed E-state index contributed by atoms with van der Waals surface area (Å²) in [4.78, 5) is 26.8. The smallest absolute Gasteiger partial charge is 0.255 e. The van der Waals surface area contributed by atoms with Gasteiger partial charge in [-0.25, -0.2) is 9.37 Å². The molecule has 2 N–H and O–H groups in total. The molecule has 0 unspecified atom stereocenters. The summed E-state index contributed by atoms with van der Waals surface area (Å²) in [5.41, 5.74) is 0.659. The molecule has 1 aromatic carbocycles. The Morgan fingerprint density at radius 3 is 2.62 bits per heavy atom. The molecule has 0 aliphatic rings. The third-order valence-electron chi connectivity index (χ3n) is 2.52. The van der Waals surface area contributed by atoms with E-state index in [1.165, 1.54) is 37.4 Å². The van der Waals surface area contributed by atoms with Gasteiger partial charge < -0.3 is 10.6 Å². The average Bonchev–Trinajstić information content (AvgIpc) is 2.42. The Morgan fingerprint density at radius 2 is 1.95 bits per heavy atom. The van der Waals surface area contributed by atoms with Crippen molar-refractivity contribution in [2.75, 3.05) is 10.6 Å². The molecular formula is C14H11ClFN3O2. The number of pyridine rings is 1. The van der Waals surface area contributed by atoms with Crippen LogP contribution in [-0.4, -0.2) is 16.8 Å². The fourth-order valence-corrected chi connectivity index (χ4v) is 1.81. The minimum Gasteiger partial charge on any atom is -0.324 e. The van der Waals surface area contributed by atoms with Crippen molar-refractivity contribution in [3.05, 3.63) is 53.1 Å². The highest BCUT2D eigenvalue weighted by atomic mass is 35.5. The molecule has 7 heteroatoms. The molecule has 0 aliphatic heterocycles. The normalized spacial score (nSPS) is 10.0. The molecule has 0 saturated heterocycles. The van der Waals surface area contributed by atoms with Crippen LogP contribution in [0.5, 0.6) is 0 Å². The van der Waals surface area contributed by atoms with Gasteiger partial charge in [-0.2, -0.15) is 0 Å². The Morgan fingerprint density at radius 1 is 1.19 bits per heavy atom. The van der Waals surface area contributed by atoms with Crippen LogP contribution in [-0.2, 0) is 4.79 Å². The average molecular weight is 308 g/mol. The molecule has 0 bridgehead atoms. The summed E-state index contributed by atoms with van der Waals surface area (Å²) in [6, 6.07) is 6.79. The fourth-order valence-electron chi connectivity index (χ4n) is 1.64. The van der Waals surface area contributed by atoms with Gasteiger partial charge in [0.1, 0.15) is 11.0 Å². The van der Waals surface area contributed by atoms with Crippen molar-refractivity contribution in [2.24, 2.45) is 0 Å². The first-order chi connectivity index (χ1) is 9.95. The van der Waals surface area contributed by atoms with E-state index in [9.17, 15) is 14.0 Å². The number of carbonyl (C=O) groups is 2. The maximum atomic E-state index is 13.5. The lowest BCUT2D eigenvalue weighted by Crippen LogP contribution is -2.13. The molecule has 0 saturated carbocycles. The van der Waals surface area contributed by atoms with Crippen molar-refractivity contribution in [2.45, 2.75) is 6.92 Å². The van der Waals surface area contributed by atoms with Crippen LogP contribution in [0, 0.1) is 5.82 Å². The van der Waals surface area contributed by atoms with Crippen molar-refractivity contribution >= 4 is 34.8 Å². The molecule has 1 heterocycles. The number of halogens is 2. The predicted molar refractivity (Wildman–Crippen MR) is 77.9 cm³/mol. The van der Waals surface area contributed by atoms with Gasteiger partial charge in [0.05, 0.1) is 5.69 Å². The number of carbonyl (C=O) groups excluding carboxylic acids is 2. The number of nitrogens with one attached hydrogen (secondary N) is 2. The van der Waals surface area contributed by atoms with E-state index in [4.69, 9.17) is 11.6 Å². The van der Waals surface area contributed by atoms with E-state index < -0.39 is 17.6 Å². The van der Waals surface area contributed by atoms with Crippen LogP contribution >= 0.6 is 11.6 Å². The van der Waals surface area contributed by atoms with Gasteiger partial charge in [-0.15, -0.1) is 0 Å².